The van der Waals surface area contributed by atoms with Crippen LogP contribution in [0.4, 0.5) is 17.1 Å². The fourth-order valence-corrected chi connectivity index (χ4v) is 11.4. The van der Waals surface area contributed by atoms with Gasteiger partial charge in [-0.1, -0.05) is 188 Å². The van der Waals surface area contributed by atoms with Gasteiger partial charge in [0.25, 0.3) is 0 Å². The minimum atomic E-state index is -0.552. The van der Waals surface area contributed by atoms with Gasteiger partial charge < -0.3 is 13.7 Å². The predicted octanol–water partition coefficient (Wildman–Crippen LogP) is 17.8. The number of nitrogens with zero attached hydrogens (tertiary/aromatic N) is 1. The van der Waals surface area contributed by atoms with Crippen molar-refractivity contribution in [2.24, 2.45) is 0 Å². The first-order valence-corrected chi connectivity index (χ1v) is 23.3. The second kappa shape index (κ2) is 15.1. The van der Waals surface area contributed by atoms with Crippen molar-refractivity contribution in [3.05, 3.63) is 271 Å². The molecule has 0 aliphatic heterocycles. The molecule has 68 heavy (non-hydrogen) atoms. The lowest BCUT2D eigenvalue weighted by Gasteiger charge is -2.34. The van der Waals surface area contributed by atoms with E-state index >= 15 is 0 Å². The summed E-state index contributed by atoms with van der Waals surface area (Å²) < 4.78 is 12.9. The van der Waals surface area contributed by atoms with Crippen LogP contribution < -0.4 is 4.90 Å². The highest BCUT2D eigenvalue weighted by Crippen LogP contribution is 2.60. The molecule has 0 unspecified atom stereocenters. The van der Waals surface area contributed by atoms with Crippen LogP contribution in [0.3, 0.4) is 0 Å². The monoisotopic (exact) mass is 867 g/mol. The molecule has 0 bridgehead atoms. The number of fused-ring (bicyclic) bond motifs is 10. The third kappa shape index (κ3) is 5.66. The van der Waals surface area contributed by atoms with Crippen LogP contribution >= 0.6 is 0 Å². The largest absolute Gasteiger partial charge is 0.456 e. The molecule has 0 saturated carbocycles. The van der Waals surface area contributed by atoms with Gasteiger partial charge in [0.2, 0.25) is 0 Å². The van der Waals surface area contributed by atoms with Crippen molar-refractivity contribution in [2.45, 2.75) is 5.41 Å². The average molecular weight is 868 g/mol. The summed E-state index contributed by atoms with van der Waals surface area (Å²) in [5, 5.41) is 6.82. The SMILES string of the molecule is c1ccc(C2(c3ccccc3)c3ccccc3-c3c(N(c4ccc(-c5cccc6oc7ccccc7c56)cc4)c4ccccc4-c4ccc5oc6cc7ccccc7cc6c5c4)cccc32)cc1. The van der Waals surface area contributed by atoms with E-state index in [1.54, 1.807) is 0 Å². The van der Waals surface area contributed by atoms with E-state index in [1.807, 2.05) is 12.1 Å². The highest BCUT2D eigenvalue weighted by Gasteiger charge is 2.47. The molecule has 2 aromatic heterocycles. The molecule has 3 nitrogen and oxygen atoms in total. The lowest BCUT2D eigenvalue weighted by Crippen LogP contribution is -2.28. The molecule has 14 rings (SSSR count). The van der Waals surface area contributed by atoms with Crippen molar-refractivity contribution in [3.8, 4) is 33.4 Å². The number of anilines is 3. The van der Waals surface area contributed by atoms with Crippen molar-refractivity contribution in [2.75, 3.05) is 4.90 Å². The maximum atomic E-state index is 6.52. The Morgan fingerprint density at radius 2 is 0.882 bits per heavy atom. The normalized spacial score (nSPS) is 12.8. The average Bonchev–Trinajstić information content (AvgIpc) is 4.07. The Kier molecular flexibility index (Phi) is 8.50. The predicted molar refractivity (Wildman–Crippen MR) is 281 cm³/mol. The summed E-state index contributed by atoms with van der Waals surface area (Å²) in [5.74, 6) is 0. The molecule has 0 spiro atoms. The molecule has 2 heterocycles. The molecule has 0 N–H and O–H groups in total. The molecule has 0 saturated heterocycles. The van der Waals surface area contributed by atoms with Gasteiger partial charge in [0.1, 0.15) is 22.3 Å². The Labute approximate surface area is 393 Å². The van der Waals surface area contributed by atoms with Gasteiger partial charge in [0.15, 0.2) is 0 Å². The van der Waals surface area contributed by atoms with Crippen LogP contribution in [-0.4, -0.2) is 0 Å². The molecule has 13 aromatic rings. The van der Waals surface area contributed by atoms with Crippen molar-refractivity contribution in [3.63, 3.8) is 0 Å². The molecule has 0 fully saturated rings. The first kappa shape index (κ1) is 38.4. The van der Waals surface area contributed by atoms with E-state index in [9.17, 15) is 0 Å². The van der Waals surface area contributed by atoms with Gasteiger partial charge in [0.05, 0.1) is 16.8 Å². The van der Waals surface area contributed by atoms with Gasteiger partial charge in [-0.2, -0.15) is 0 Å². The second-order valence-corrected chi connectivity index (χ2v) is 17.9. The fourth-order valence-electron chi connectivity index (χ4n) is 11.4. The first-order chi connectivity index (χ1) is 33.7. The summed E-state index contributed by atoms with van der Waals surface area (Å²) in [5.41, 5.74) is 18.2. The highest BCUT2D eigenvalue weighted by atomic mass is 16.3. The lowest BCUT2D eigenvalue weighted by molar-refractivity contribution is 0.669. The molecule has 0 radical (unpaired) electrons. The standard InChI is InChI=1S/C65H41NO2/c1-3-19-46(20-4-1)65(47-21-5-2-6-22-47)55-27-12-9-24-51(55)64-56(65)28-16-30-58(64)66(48-36-33-42(34-37-48)50-26-15-32-61-63(50)52-25-11-14-31-59(52)67-61)57-29-13-10-23-49(57)45-35-38-60-53(40-45)54-39-43-17-7-8-18-44(43)41-62(54)68-60/h1-41H. The van der Waals surface area contributed by atoms with Crippen molar-refractivity contribution >= 4 is 71.7 Å². The van der Waals surface area contributed by atoms with E-state index < -0.39 is 5.41 Å². The second-order valence-electron chi connectivity index (χ2n) is 17.9. The number of hydrogen-bond acceptors (Lipinski definition) is 3. The van der Waals surface area contributed by atoms with E-state index in [2.05, 4.69) is 241 Å². The first-order valence-electron chi connectivity index (χ1n) is 23.3. The summed E-state index contributed by atoms with van der Waals surface area (Å²) >= 11 is 0. The van der Waals surface area contributed by atoms with Gasteiger partial charge in [-0.05, 0) is 116 Å². The van der Waals surface area contributed by atoms with Gasteiger partial charge >= 0.3 is 0 Å². The molecule has 3 heteroatoms. The van der Waals surface area contributed by atoms with E-state index in [0.717, 1.165) is 83.2 Å². The topological polar surface area (TPSA) is 29.5 Å². The van der Waals surface area contributed by atoms with Crippen LogP contribution in [0.25, 0.3) is 88.0 Å². The zero-order chi connectivity index (χ0) is 44.8. The van der Waals surface area contributed by atoms with Gasteiger partial charge in [-0.25, -0.2) is 0 Å². The molecular formula is C65H41NO2. The van der Waals surface area contributed by atoms with E-state index in [0.29, 0.717) is 0 Å². The van der Waals surface area contributed by atoms with Crippen LogP contribution in [0.5, 0.6) is 0 Å². The molecule has 1 aliphatic rings. The molecule has 1 aliphatic carbocycles. The summed E-state index contributed by atoms with van der Waals surface area (Å²) in [4.78, 5) is 2.49. The smallest absolute Gasteiger partial charge is 0.136 e. The van der Waals surface area contributed by atoms with Crippen molar-refractivity contribution in [1.29, 1.82) is 0 Å². The number of furan rings is 2. The minimum Gasteiger partial charge on any atom is -0.456 e. The van der Waals surface area contributed by atoms with E-state index in [-0.39, 0.29) is 0 Å². The van der Waals surface area contributed by atoms with Gasteiger partial charge in [-0.3, -0.25) is 0 Å². The summed E-state index contributed by atoms with van der Waals surface area (Å²) in [7, 11) is 0. The number of hydrogen-bond donors (Lipinski definition) is 0. The molecule has 318 valence electrons. The number of rotatable bonds is 7. The van der Waals surface area contributed by atoms with Crippen molar-refractivity contribution in [1.82, 2.24) is 0 Å². The third-order valence-electron chi connectivity index (χ3n) is 14.3. The highest BCUT2D eigenvalue weighted by molar-refractivity contribution is 6.13. The maximum Gasteiger partial charge on any atom is 0.136 e. The minimum absolute atomic E-state index is 0.552. The molecule has 11 aromatic carbocycles. The van der Waals surface area contributed by atoms with Crippen LogP contribution in [-0.2, 0) is 5.41 Å². The van der Waals surface area contributed by atoms with Crippen LogP contribution in [0.2, 0.25) is 0 Å². The van der Waals surface area contributed by atoms with E-state index in [4.69, 9.17) is 8.83 Å². The number of benzene rings is 11. The number of para-hydroxylation sites is 2. The fraction of sp³-hybridized carbons (Fsp3) is 0.0154. The lowest BCUT2D eigenvalue weighted by atomic mass is 9.68. The molecule has 0 amide bonds. The molecule has 0 atom stereocenters. The Hall–Kier alpha value is -8.92. The maximum absolute atomic E-state index is 6.52. The van der Waals surface area contributed by atoms with Crippen LogP contribution in [0, 0.1) is 0 Å². The summed E-state index contributed by atoms with van der Waals surface area (Å²) in [6.07, 6.45) is 0. The quantitative estimate of drug-likeness (QED) is 0.160. The Morgan fingerprint density at radius 3 is 1.69 bits per heavy atom. The van der Waals surface area contributed by atoms with Crippen molar-refractivity contribution < 1.29 is 8.83 Å². The summed E-state index contributed by atoms with van der Waals surface area (Å²) in [6, 6.07) is 90.3. The van der Waals surface area contributed by atoms with Crippen LogP contribution in [0.1, 0.15) is 22.3 Å². The van der Waals surface area contributed by atoms with E-state index in [1.165, 1.54) is 44.2 Å². The Balaban J connectivity index is 1.02. The van der Waals surface area contributed by atoms with Gasteiger partial charge in [-0.15, -0.1) is 0 Å². The van der Waals surface area contributed by atoms with Gasteiger partial charge in [0, 0.05) is 38.4 Å². The zero-order valence-corrected chi connectivity index (χ0v) is 36.9. The third-order valence-corrected chi connectivity index (χ3v) is 14.3. The zero-order valence-electron chi connectivity index (χ0n) is 36.9. The summed E-state index contributed by atoms with van der Waals surface area (Å²) in [6.45, 7) is 0. The molecular weight excluding hydrogens is 827 g/mol. The Morgan fingerprint density at radius 1 is 0.324 bits per heavy atom. The van der Waals surface area contributed by atoms with Crippen LogP contribution in [0.15, 0.2) is 258 Å². The Bertz CT molecular complexity index is 4050.